The first-order valence-corrected chi connectivity index (χ1v) is 6.07. The summed E-state index contributed by atoms with van der Waals surface area (Å²) < 4.78 is 4.91. The molecule has 1 aromatic heterocycles. The minimum Gasteiger partial charge on any atom is -0.368 e. The highest BCUT2D eigenvalue weighted by Gasteiger charge is 2.20. The van der Waals surface area contributed by atoms with Gasteiger partial charge < -0.3 is 20.5 Å². The Labute approximate surface area is 110 Å². The third-order valence-electron chi connectivity index (χ3n) is 3.09. The van der Waals surface area contributed by atoms with Gasteiger partial charge in [0.1, 0.15) is 5.69 Å². The van der Waals surface area contributed by atoms with Crippen LogP contribution in [0.25, 0.3) is 11.3 Å². The lowest BCUT2D eigenvalue weighted by Crippen LogP contribution is -2.47. The third kappa shape index (κ3) is 2.24. The van der Waals surface area contributed by atoms with Gasteiger partial charge in [-0.3, -0.25) is 4.79 Å². The quantitative estimate of drug-likeness (QED) is 0.834. The van der Waals surface area contributed by atoms with Crippen molar-refractivity contribution in [3.63, 3.8) is 0 Å². The van der Waals surface area contributed by atoms with Gasteiger partial charge in [0.05, 0.1) is 6.54 Å². The fourth-order valence-corrected chi connectivity index (χ4v) is 2.23. The molecule has 1 fully saturated rings. The number of amides is 1. The number of piperazine rings is 1. The molecule has 3 N–H and O–H groups in total. The molecule has 1 aliphatic heterocycles. The molecule has 0 saturated carbocycles. The lowest BCUT2D eigenvalue weighted by molar-refractivity contribution is -0.120. The number of nitrogen functional groups attached to an aromatic ring is 1. The second-order valence-electron chi connectivity index (χ2n) is 4.40. The molecule has 0 radical (unpaired) electrons. The van der Waals surface area contributed by atoms with Crippen LogP contribution in [0.4, 0.5) is 11.6 Å². The van der Waals surface area contributed by atoms with Gasteiger partial charge in [0.2, 0.25) is 11.8 Å². The zero-order valence-corrected chi connectivity index (χ0v) is 10.3. The Morgan fingerprint density at radius 2 is 2.21 bits per heavy atom. The molecule has 3 rings (SSSR count). The first kappa shape index (κ1) is 11.6. The minimum absolute atomic E-state index is 0.0284. The number of para-hydroxylation sites is 1. The van der Waals surface area contributed by atoms with Crippen LogP contribution in [0.2, 0.25) is 0 Å². The molecule has 0 spiro atoms. The first-order chi connectivity index (χ1) is 9.24. The molecule has 1 amide bonds. The first-order valence-electron chi connectivity index (χ1n) is 6.07. The van der Waals surface area contributed by atoms with Crippen molar-refractivity contribution in [1.29, 1.82) is 0 Å². The fraction of sp³-hybridized carbons (Fsp3) is 0.231. The van der Waals surface area contributed by atoms with Gasteiger partial charge in [0.15, 0.2) is 0 Å². The van der Waals surface area contributed by atoms with Crippen molar-refractivity contribution < 1.29 is 9.32 Å². The van der Waals surface area contributed by atoms with E-state index in [1.807, 2.05) is 29.2 Å². The number of nitrogens with two attached hydrogens (primary N) is 1. The van der Waals surface area contributed by atoms with Gasteiger partial charge in [-0.1, -0.05) is 23.4 Å². The van der Waals surface area contributed by atoms with Crippen molar-refractivity contribution in [2.24, 2.45) is 0 Å². The number of benzene rings is 1. The number of carbonyl (C=O) groups is 1. The van der Waals surface area contributed by atoms with Crippen molar-refractivity contribution in [3.05, 3.63) is 30.3 Å². The standard InChI is InChI=1S/C13H14N4O2/c14-12-7-10(16-19-12)9-3-1-2-4-11(9)17-6-5-15-13(18)8-17/h1-4,7H,5-6,8,14H2,(H,15,18). The number of hydrogen-bond acceptors (Lipinski definition) is 5. The summed E-state index contributed by atoms with van der Waals surface area (Å²) in [7, 11) is 0. The maximum atomic E-state index is 11.5. The van der Waals surface area contributed by atoms with E-state index in [0.717, 1.165) is 17.8 Å². The molecule has 6 nitrogen and oxygen atoms in total. The van der Waals surface area contributed by atoms with Crippen LogP contribution in [0.3, 0.4) is 0 Å². The van der Waals surface area contributed by atoms with Crippen molar-refractivity contribution in [2.45, 2.75) is 0 Å². The van der Waals surface area contributed by atoms with Gasteiger partial charge in [-0.15, -0.1) is 0 Å². The Morgan fingerprint density at radius 1 is 1.37 bits per heavy atom. The average Bonchev–Trinajstić information content (AvgIpc) is 2.85. The Kier molecular flexibility index (Phi) is 2.83. The predicted molar refractivity (Wildman–Crippen MR) is 71.6 cm³/mol. The molecule has 0 atom stereocenters. The number of nitrogens with one attached hydrogen (secondary N) is 1. The second-order valence-corrected chi connectivity index (χ2v) is 4.40. The van der Waals surface area contributed by atoms with E-state index in [4.69, 9.17) is 10.3 Å². The van der Waals surface area contributed by atoms with Crippen molar-refractivity contribution in [1.82, 2.24) is 10.5 Å². The van der Waals surface area contributed by atoms with Crippen LogP contribution in [-0.2, 0) is 4.79 Å². The van der Waals surface area contributed by atoms with E-state index in [9.17, 15) is 4.79 Å². The number of aromatic nitrogens is 1. The van der Waals surface area contributed by atoms with Crippen LogP contribution in [0.5, 0.6) is 0 Å². The lowest BCUT2D eigenvalue weighted by Gasteiger charge is -2.29. The Bertz CT molecular complexity index is 608. The van der Waals surface area contributed by atoms with Crippen LogP contribution in [0.1, 0.15) is 0 Å². The third-order valence-corrected chi connectivity index (χ3v) is 3.09. The summed E-state index contributed by atoms with van der Waals surface area (Å²) in [5.41, 5.74) is 8.12. The fourth-order valence-electron chi connectivity index (χ4n) is 2.23. The maximum Gasteiger partial charge on any atom is 0.239 e. The van der Waals surface area contributed by atoms with E-state index in [1.165, 1.54) is 0 Å². The SMILES string of the molecule is Nc1cc(-c2ccccc2N2CCNC(=O)C2)no1. The highest BCUT2D eigenvalue weighted by atomic mass is 16.5. The Balaban J connectivity index is 1.99. The molecule has 6 heteroatoms. The lowest BCUT2D eigenvalue weighted by atomic mass is 10.1. The molecule has 2 heterocycles. The smallest absolute Gasteiger partial charge is 0.239 e. The maximum absolute atomic E-state index is 11.5. The predicted octanol–water partition coefficient (Wildman–Crippen LogP) is 0.860. The molecular formula is C13H14N4O2. The molecular weight excluding hydrogens is 244 g/mol. The average molecular weight is 258 g/mol. The number of hydrogen-bond donors (Lipinski definition) is 2. The summed E-state index contributed by atoms with van der Waals surface area (Å²) in [5.74, 6) is 0.307. The van der Waals surface area contributed by atoms with Crippen LogP contribution >= 0.6 is 0 Å². The summed E-state index contributed by atoms with van der Waals surface area (Å²) in [6.45, 7) is 1.77. The normalized spacial score (nSPS) is 15.4. The molecule has 0 bridgehead atoms. The molecule has 0 unspecified atom stereocenters. The van der Waals surface area contributed by atoms with E-state index in [0.29, 0.717) is 18.8 Å². The van der Waals surface area contributed by atoms with Crippen LogP contribution < -0.4 is 16.0 Å². The highest BCUT2D eigenvalue weighted by Crippen LogP contribution is 2.31. The topological polar surface area (TPSA) is 84.4 Å². The Hall–Kier alpha value is -2.50. The summed E-state index contributed by atoms with van der Waals surface area (Å²) in [6.07, 6.45) is 0. The molecule has 98 valence electrons. The molecule has 19 heavy (non-hydrogen) atoms. The van der Waals surface area contributed by atoms with E-state index in [1.54, 1.807) is 6.07 Å². The van der Waals surface area contributed by atoms with Gasteiger partial charge in [-0.05, 0) is 6.07 Å². The summed E-state index contributed by atoms with van der Waals surface area (Å²) >= 11 is 0. The molecule has 1 aliphatic rings. The number of rotatable bonds is 2. The molecule has 1 aromatic carbocycles. The summed E-state index contributed by atoms with van der Waals surface area (Å²) in [4.78, 5) is 13.5. The van der Waals surface area contributed by atoms with Crippen LogP contribution in [-0.4, -0.2) is 30.7 Å². The van der Waals surface area contributed by atoms with Crippen LogP contribution in [0, 0.1) is 0 Å². The molecule has 2 aromatic rings. The zero-order chi connectivity index (χ0) is 13.2. The van der Waals surface area contributed by atoms with Crippen molar-refractivity contribution in [3.8, 4) is 11.3 Å². The number of carbonyl (C=O) groups excluding carboxylic acids is 1. The van der Waals surface area contributed by atoms with E-state index in [2.05, 4.69) is 10.5 Å². The van der Waals surface area contributed by atoms with Gasteiger partial charge in [-0.2, -0.15) is 0 Å². The number of nitrogens with zero attached hydrogens (tertiary/aromatic N) is 2. The molecule has 1 saturated heterocycles. The van der Waals surface area contributed by atoms with E-state index < -0.39 is 0 Å². The van der Waals surface area contributed by atoms with Gasteiger partial charge in [0.25, 0.3) is 0 Å². The van der Waals surface area contributed by atoms with Crippen LogP contribution in [0.15, 0.2) is 34.9 Å². The zero-order valence-electron chi connectivity index (χ0n) is 10.3. The number of anilines is 2. The van der Waals surface area contributed by atoms with Crippen molar-refractivity contribution >= 4 is 17.5 Å². The highest BCUT2D eigenvalue weighted by molar-refractivity contribution is 5.86. The summed E-state index contributed by atoms with van der Waals surface area (Å²) in [6, 6.07) is 9.46. The van der Waals surface area contributed by atoms with E-state index >= 15 is 0 Å². The summed E-state index contributed by atoms with van der Waals surface area (Å²) in [5, 5.41) is 6.74. The van der Waals surface area contributed by atoms with E-state index in [-0.39, 0.29) is 11.8 Å². The van der Waals surface area contributed by atoms with Crippen molar-refractivity contribution in [2.75, 3.05) is 30.3 Å². The molecule has 0 aliphatic carbocycles. The van der Waals surface area contributed by atoms with Gasteiger partial charge >= 0.3 is 0 Å². The Morgan fingerprint density at radius 3 is 2.95 bits per heavy atom. The second kappa shape index (κ2) is 4.64. The largest absolute Gasteiger partial charge is 0.368 e. The van der Waals surface area contributed by atoms with Gasteiger partial charge in [0, 0.05) is 30.4 Å². The monoisotopic (exact) mass is 258 g/mol. The minimum atomic E-state index is 0.0284. The van der Waals surface area contributed by atoms with Gasteiger partial charge in [-0.25, -0.2) is 0 Å².